The predicted octanol–water partition coefficient (Wildman–Crippen LogP) is 4.50. The van der Waals surface area contributed by atoms with Crippen molar-refractivity contribution < 1.29 is 9.59 Å². The van der Waals surface area contributed by atoms with E-state index < -0.39 is 5.92 Å². The zero-order chi connectivity index (χ0) is 26.1. The van der Waals surface area contributed by atoms with Gasteiger partial charge in [0.25, 0.3) is 0 Å². The van der Waals surface area contributed by atoms with Crippen molar-refractivity contribution in [3.63, 3.8) is 0 Å². The van der Waals surface area contributed by atoms with E-state index in [1.165, 1.54) is 34.4 Å². The molecule has 3 aromatic rings. The Labute approximate surface area is 232 Å². The molecule has 0 radical (unpaired) electrons. The molecule has 1 atom stereocenters. The van der Waals surface area contributed by atoms with Crippen molar-refractivity contribution in [2.75, 3.05) is 16.0 Å². The SMILES string of the molecule is Cc1nnc(NC(=O)CSc2nnc(N3C(N)=C(C#N)C(c4ccc(Br)cc4)C4=C3CCCC4=O)s2)s1. The highest BCUT2D eigenvalue weighted by Gasteiger charge is 2.41. The van der Waals surface area contributed by atoms with Gasteiger partial charge in [0, 0.05) is 22.2 Å². The van der Waals surface area contributed by atoms with E-state index in [4.69, 9.17) is 5.73 Å². The van der Waals surface area contributed by atoms with Gasteiger partial charge in [-0.2, -0.15) is 5.26 Å². The van der Waals surface area contributed by atoms with E-state index in [9.17, 15) is 14.9 Å². The first-order chi connectivity index (χ1) is 17.9. The highest BCUT2D eigenvalue weighted by molar-refractivity contribution is 9.10. The third-order valence-corrected chi connectivity index (χ3v) is 9.13. The van der Waals surface area contributed by atoms with Gasteiger partial charge in [0.15, 0.2) is 10.1 Å². The number of nitriles is 1. The monoisotopic (exact) mass is 614 g/mol. The number of nitrogens with zero attached hydrogens (tertiary/aromatic N) is 6. The number of nitrogens with two attached hydrogens (primary N) is 1. The molecule has 0 fully saturated rings. The Morgan fingerprint density at radius 2 is 2.03 bits per heavy atom. The van der Waals surface area contributed by atoms with Crippen molar-refractivity contribution in [2.24, 2.45) is 5.73 Å². The van der Waals surface area contributed by atoms with Gasteiger partial charge in [-0.25, -0.2) is 0 Å². The number of aryl methyl sites for hydroxylation is 1. The van der Waals surface area contributed by atoms with E-state index in [-0.39, 0.29) is 23.3 Å². The molecule has 14 heteroatoms. The molecule has 10 nitrogen and oxygen atoms in total. The number of ketones is 1. The maximum Gasteiger partial charge on any atom is 0.236 e. The minimum Gasteiger partial charge on any atom is -0.384 e. The average molecular weight is 616 g/mol. The lowest BCUT2D eigenvalue weighted by Crippen LogP contribution is -2.38. The topological polar surface area (TPSA) is 151 Å². The second-order valence-electron chi connectivity index (χ2n) is 8.18. The molecular weight excluding hydrogens is 596 g/mol. The molecule has 3 heterocycles. The number of anilines is 2. The largest absolute Gasteiger partial charge is 0.384 e. The number of amides is 1. The number of halogens is 1. The van der Waals surface area contributed by atoms with Gasteiger partial charge < -0.3 is 5.73 Å². The molecule has 5 rings (SSSR count). The van der Waals surface area contributed by atoms with Gasteiger partial charge in [-0.3, -0.25) is 19.8 Å². The summed E-state index contributed by atoms with van der Waals surface area (Å²) >= 11 is 7.22. The second kappa shape index (κ2) is 10.7. The number of nitrogens with one attached hydrogen (secondary N) is 1. The standard InChI is InChI=1S/C23H19BrN8O2S3/c1-11-28-29-21(36-11)27-17(34)10-35-23-31-30-22(37-23)32-15-3-2-4-16(33)19(15)18(14(9-25)20(32)26)12-5-7-13(24)8-6-12/h5-8,18H,2-4,10,26H2,1H3,(H,27,29,34). The summed E-state index contributed by atoms with van der Waals surface area (Å²) in [6.45, 7) is 1.81. The smallest absolute Gasteiger partial charge is 0.236 e. The van der Waals surface area contributed by atoms with Crippen LogP contribution in [0.5, 0.6) is 0 Å². The number of carbonyl (C=O) groups excluding carboxylic acids is 2. The van der Waals surface area contributed by atoms with Crippen LogP contribution in [0.15, 0.2) is 55.7 Å². The third-order valence-electron chi connectivity index (χ3n) is 5.80. The van der Waals surface area contributed by atoms with Crippen molar-refractivity contribution in [1.82, 2.24) is 20.4 Å². The van der Waals surface area contributed by atoms with E-state index in [1.54, 1.807) is 4.90 Å². The van der Waals surface area contributed by atoms with Crippen LogP contribution in [0.2, 0.25) is 0 Å². The fourth-order valence-corrected chi connectivity index (χ4v) is 6.83. The minimum absolute atomic E-state index is 0.00196. The fourth-order valence-electron chi connectivity index (χ4n) is 4.27. The first-order valence-corrected chi connectivity index (χ1v) is 14.5. The van der Waals surface area contributed by atoms with E-state index in [1.807, 2.05) is 31.2 Å². The molecule has 1 aromatic carbocycles. The number of Topliss-reactive ketones (excluding diaryl/α,β-unsaturated/α-hetero) is 1. The van der Waals surface area contributed by atoms with Gasteiger partial charge in [0.2, 0.25) is 16.2 Å². The van der Waals surface area contributed by atoms with Crippen molar-refractivity contribution >= 4 is 72.3 Å². The molecule has 37 heavy (non-hydrogen) atoms. The molecule has 3 N–H and O–H groups in total. The predicted molar refractivity (Wildman–Crippen MR) is 146 cm³/mol. The Morgan fingerprint density at radius 1 is 1.24 bits per heavy atom. The molecule has 1 aliphatic heterocycles. The van der Waals surface area contributed by atoms with Crippen molar-refractivity contribution in [1.29, 1.82) is 5.26 Å². The van der Waals surface area contributed by atoms with Gasteiger partial charge >= 0.3 is 0 Å². The highest BCUT2D eigenvalue weighted by atomic mass is 79.9. The Bertz CT molecular complexity index is 1490. The van der Waals surface area contributed by atoms with Crippen LogP contribution in [-0.4, -0.2) is 37.8 Å². The van der Waals surface area contributed by atoms with Crippen LogP contribution in [0.3, 0.4) is 0 Å². The maximum atomic E-state index is 13.2. The van der Waals surface area contributed by atoms with Crippen molar-refractivity contribution in [3.05, 3.63) is 62.0 Å². The van der Waals surface area contributed by atoms with Crippen LogP contribution in [0.1, 0.15) is 35.8 Å². The van der Waals surface area contributed by atoms with Gasteiger partial charge in [-0.1, -0.05) is 62.5 Å². The molecule has 1 aliphatic carbocycles. The summed E-state index contributed by atoms with van der Waals surface area (Å²) in [5, 5.41) is 30.8. The normalized spacial score (nSPS) is 17.6. The Balaban J connectivity index is 1.43. The minimum atomic E-state index is -0.536. The Kier molecular flexibility index (Phi) is 7.38. The number of hydrogen-bond acceptors (Lipinski definition) is 12. The van der Waals surface area contributed by atoms with Gasteiger partial charge in [-0.15, -0.1) is 20.4 Å². The number of hydrogen-bond donors (Lipinski definition) is 2. The summed E-state index contributed by atoms with van der Waals surface area (Å²) in [5.41, 5.74) is 9.03. The van der Waals surface area contributed by atoms with Crippen LogP contribution in [-0.2, 0) is 9.59 Å². The zero-order valence-corrected chi connectivity index (χ0v) is 23.4. The number of allylic oxidation sites excluding steroid dienone is 3. The maximum absolute atomic E-state index is 13.2. The number of rotatable bonds is 6. The van der Waals surface area contributed by atoms with Crippen LogP contribution in [0.4, 0.5) is 10.3 Å². The lowest BCUT2D eigenvalue weighted by molar-refractivity contribution is -0.116. The quantitative estimate of drug-likeness (QED) is 0.380. The molecule has 0 bridgehead atoms. The summed E-state index contributed by atoms with van der Waals surface area (Å²) in [5.74, 6) is -0.419. The number of benzene rings is 1. The van der Waals surface area contributed by atoms with Gasteiger partial charge in [0.05, 0.1) is 23.3 Å². The molecule has 0 saturated heterocycles. The van der Waals surface area contributed by atoms with Crippen molar-refractivity contribution in [3.8, 4) is 6.07 Å². The lowest BCUT2D eigenvalue weighted by Gasteiger charge is -2.38. The van der Waals surface area contributed by atoms with E-state index in [2.05, 4.69) is 47.7 Å². The molecule has 1 unspecified atom stereocenters. The summed E-state index contributed by atoms with van der Waals surface area (Å²) in [4.78, 5) is 27.2. The number of thioether (sulfide) groups is 1. The Hall–Kier alpha value is -3.12. The zero-order valence-electron chi connectivity index (χ0n) is 19.4. The molecule has 1 amide bonds. The molecule has 0 spiro atoms. The summed E-state index contributed by atoms with van der Waals surface area (Å²) in [6.07, 6.45) is 1.72. The Morgan fingerprint density at radius 3 is 2.73 bits per heavy atom. The van der Waals surface area contributed by atoms with Gasteiger partial charge in [0.1, 0.15) is 10.8 Å². The van der Waals surface area contributed by atoms with Crippen LogP contribution < -0.4 is 16.0 Å². The molecular formula is C23H19BrN8O2S3. The molecule has 188 valence electrons. The lowest BCUT2D eigenvalue weighted by atomic mass is 9.76. The third kappa shape index (κ3) is 5.17. The number of aromatic nitrogens is 4. The van der Waals surface area contributed by atoms with E-state index >= 15 is 0 Å². The van der Waals surface area contributed by atoms with Gasteiger partial charge in [-0.05, 0) is 37.5 Å². The van der Waals surface area contributed by atoms with Crippen molar-refractivity contribution in [2.45, 2.75) is 36.4 Å². The van der Waals surface area contributed by atoms with Crippen LogP contribution in [0, 0.1) is 18.3 Å². The number of carbonyl (C=O) groups is 2. The summed E-state index contributed by atoms with van der Waals surface area (Å²) < 4.78 is 1.46. The molecule has 2 aliphatic rings. The molecule has 2 aromatic heterocycles. The van der Waals surface area contributed by atoms with E-state index in [0.717, 1.165) is 20.7 Å². The highest BCUT2D eigenvalue weighted by Crippen LogP contribution is 2.47. The molecule has 0 saturated carbocycles. The van der Waals surface area contributed by atoms with Crippen LogP contribution in [0.25, 0.3) is 0 Å². The first kappa shape index (κ1) is 25.5. The van der Waals surface area contributed by atoms with E-state index in [0.29, 0.717) is 45.0 Å². The average Bonchev–Trinajstić information content (AvgIpc) is 3.51. The second-order valence-corrected chi connectivity index (χ2v) is 12.5. The summed E-state index contributed by atoms with van der Waals surface area (Å²) in [6, 6.07) is 9.81. The summed E-state index contributed by atoms with van der Waals surface area (Å²) in [7, 11) is 0. The van der Waals surface area contributed by atoms with Crippen LogP contribution >= 0.6 is 50.4 Å². The fraction of sp³-hybridized carbons (Fsp3) is 0.261. The first-order valence-electron chi connectivity index (χ1n) is 11.1.